The Bertz CT molecular complexity index is 514. The van der Waals surface area contributed by atoms with Gasteiger partial charge < -0.3 is 0 Å². The van der Waals surface area contributed by atoms with E-state index in [1.165, 1.54) is 5.56 Å². The Morgan fingerprint density at radius 2 is 1.73 bits per heavy atom. The third-order valence-electron chi connectivity index (χ3n) is 2.75. The van der Waals surface area contributed by atoms with Crippen LogP contribution in [0.4, 0.5) is 0 Å². The normalized spacial score (nSPS) is 13.1. The Balaban J connectivity index is 2.11. The lowest BCUT2D eigenvalue weighted by molar-refractivity contribution is -0.601. The first-order valence-electron chi connectivity index (χ1n) is 5.15. The summed E-state index contributed by atoms with van der Waals surface area (Å²) in [7, 11) is 0. The van der Waals surface area contributed by atoms with Crippen LogP contribution in [0.5, 0.6) is 0 Å². The molecule has 1 aliphatic heterocycles. The molecule has 2 aromatic rings. The Morgan fingerprint density at radius 3 is 2.67 bits per heavy atom. The molecule has 0 radical (unpaired) electrons. The lowest BCUT2D eigenvalue weighted by Gasteiger charge is -2.08. The smallest absolute Gasteiger partial charge is 0.0617 e. The van der Waals surface area contributed by atoms with Crippen molar-refractivity contribution in [1.82, 2.24) is 0 Å². The van der Waals surface area contributed by atoms with Gasteiger partial charge in [-0.3, -0.25) is 0 Å². The first kappa shape index (κ1) is 9.40. The van der Waals surface area contributed by atoms with Gasteiger partial charge in [-0.05, 0) is 24.6 Å². The second-order valence-electron chi connectivity index (χ2n) is 3.96. The standard InChI is InChI=1S/C14H12I/c1-10-6-7-12-9-11-4-2-3-5-13(11)15-14(12)8-10/h2-8H,9H2,1H3/q+1. The van der Waals surface area contributed by atoms with E-state index in [0.29, 0.717) is 0 Å². The average molecular weight is 307 g/mol. The summed E-state index contributed by atoms with van der Waals surface area (Å²) in [6.45, 7) is 2.19. The maximum absolute atomic E-state index is 2.37. The molecule has 0 aromatic heterocycles. The molecule has 0 amide bonds. The van der Waals surface area contributed by atoms with Crippen LogP contribution in [-0.4, -0.2) is 0 Å². The van der Waals surface area contributed by atoms with Crippen molar-refractivity contribution in [2.45, 2.75) is 13.3 Å². The maximum Gasteiger partial charge on any atom is 0.358 e. The number of halogens is 1. The number of fused-ring (bicyclic) bond motifs is 2. The van der Waals surface area contributed by atoms with Crippen molar-refractivity contribution in [3.63, 3.8) is 0 Å². The highest BCUT2D eigenvalue weighted by molar-refractivity contribution is 5.29. The summed E-state index contributed by atoms with van der Waals surface area (Å²) in [6.07, 6.45) is 1.13. The van der Waals surface area contributed by atoms with Gasteiger partial charge >= 0.3 is 21.2 Å². The molecular formula is C14H12I+. The SMILES string of the molecule is Cc1ccc2c(c1)[I+]c1ccccc1C2. The van der Waals surface area contributed by atoms with Gasteiger partial charge in [-0.2, -0.15) is 0 Å². The van der Waals surface area contributed by atoms with E-state index in [1.54, 1.807) is 18.3 Å². The molecule has 0 nitrogen and oxygen atoms in total. The van der Waals surface area contributed by atoms with Crippen LogP contribution in [-0.2, 0) is 6.42 Å². The van der Waals surface area contributed by atoms with Gasteiger partial charge in [0, 0.05) is 17.5 Å². The zero-order chi connectivity index (χ0) is 10.3. The molecule has 0 fully saturated rings. The molecule has 1 aliphatic rings. The summed E-state index contributed by atoms with van der Waals surface area (Å²) >= 11 is 0.0585. The van der Waals surface area contributed by atoms with Gasteiger partial charge in [0.25, 0.3) is 0 Å². The average Bonchev–Trinajstić information content (AvgIpc) is 2.26. The zero-order valence-corrected chi connectivity index (χ0v) is 10.8. The monoisotopic (exact) mass is 307 g/mol. The van der Waals surface area contributed by atoms with Crippen molar-refractivity contribution in [3.8, 4) is 0 Å². The Labute approximate surface area is 101 Å². The summed E-state index contributed by atoms with van der Waals surface area (Å²) in [5, 5.41) is 0. The molecule has 3 rings (SSSR count). The molecule has 0 aliphatic carbocycles. The van der Waals surface area contributed by atoms with E-state index in [-0.39, 0.29) is 21.2 Å². The zero-order valence-electron chi connectivity index (χ0n) is 8.63. The van der Waals surface area contributed by atoms with Gasteiger partial charge in [-0.1, -0.05) is 30.3 Å². The number of hydrogen-bond donors (Lipinski definition) is 0. The fourth-order valence-electron chi connectivity index (χ4n) is 1.93. The summed E-state index contributed by atoms with van der Waals surface area (Å²) in [5.74, 6) is 0. The molecule has 0 spiro atoms. The summed E-state index contributed by atoms with van der Waals surface area (Å²) < 4.78 is 3.22. The van der Waals surface area contributed by atoms with Crippen molar-refractivity contribution in [2.24, 2.45) is 0 Å². The van der Waals surface area contributed by atoms with E-state index in [2.05, 4.69) is 49.4 Å². The first-order valence-corrected chi connectivity index (χ1v) is 7.31. The van der Waals surface area contributed by atoms with E-state index < -0.39 is 0 Å². The quantitative estimate of drug-likeness (QED) is 0.514. The van der Waals surface area contributed by atoms with Gasteiger partial charge in [-0.15, -0.1) is 0 Å². The van der Waals surface area contributed by atoms with Crippen LogP contribution < -0.4 is 21.2 Å². The summed E-state index contributed by atoms with van der Waals surface area (Å²) in [5.41, 5.74) is 4.49. The number of hydrogen-bond acceptors (Lipinski definition) is 0. The Morgan fingerprint density at radius 1 is 0.933 bits per heavy atom. The van der Waals surface area contributed by atoms with Crippen LogP contribution in [0.2, 0.25) is 0 Å². The lowest BCUT2D eigenvalue weighted by atomic mass is 10.0. The van der Waals surface area contributed by atoms with E-state index in [0.717, 1.165) is 6.42 Å². The number of rotatable bonds is 0. The third kappa shape index (κ3) is 1.69. The van der Waals surface area contributed by atoms with E-state index >= 15 is 0 Å². The largest absolute Gasteiger partial charge is 0.358 e. The van der Waals surface area contributed by atoms with Crippen molar-refractivity contribution in [3.05, 3.63) is 66.3 Å². The lowest BCUT2D eigenvalue weighted by Crippen LogP contribution is -3.62. The molecule has 0 saturated heterocycles. The fourth-order valence-corrected chi connectivity index (χ4v) is 5.03. The maximum atomic E-state index is 2.37. The van der Waals surface area contributed by atoms with Crippen LogP contribution in [0.3, 0.4) is 0 Å². The predicted molar refractivity (Wildman–Crippen MR) is 57.8 cm³/mol. The highest BCUT2D eigenvalue weighted by Gasteiger charge is 2.28. The van der Waals surface area contributed by atoms with Crippen molar-refractivity contribution >= 4 is 0 Å². The molecule has 0 unspecified atom stereocenters. The second kappa shape index (κ2) is 3.63. The van der Waals surface area contributed by atoms with E-state index in [9.17, 15) is 0 Å². The molecule has 1 heteroatoms. The molecule has 1 heterocycles. The minimum atomic E-state index is 0.0585. The van der Waals surface area contributed by atoms with Crippen molar-refractivity contribution < 1.29 is 21.2 Å². The molecule has 15 heavy (non-hydrogen) atoms. The summed E-state index contributed by atoms with van der Waals surface area (Å²) in [4.78, 5) is 0. The first-order chi connectivity index (χ1) is 7.33. The van der Waals surface area contributed by atoms with Gasteiger partial charge in [0.1, 0.15) is 0 Å². The van der Waals surface area contributed by atoms with Gasteiger partial charge in [0.15, 0.2) is 7.14 Å². The predicted octanol–water partition coefficient (Wildman–Crippen LogP) is 0.0276. The molecule has 0 saturated carbocycles. The molecular weight excluding hydrogens is 295 g/mol. The summed E-state index contributed by atoms with van der Waals surface area (Å²) in [6, 6.07) is 15.8. The van der Waals surface area contributed by atoms with E-state index in [1.807, 2.05) is 0 Å². The number of benzene rings is 2. The van der Waals surface area contributed by atoms with Crippen LogP contribution >= 0.6 is 0 Å². The molecule has 2 aromatic carbocycles. The fraction of sp³-hybridized carbons (Fsp3) is 0.143. The third-order valence-corrected chi connectivity index (χ3v) is 5.97. The van der Waals surface area contributed by atoms with Crippen molar-refractivity contribution in [2.75, 3.05) is 0 Å². The minimum absolute atomic E-state index is 0.0585. The van der Waals surface area contributed by atoms with Crippen LogP contribution in [0, 0.1) is 14.1 Å². The Hall–Kier alpha value is -0.830. The van der Waals surface area contributed by atoms with Gasteiger partial charge in [-0.25, -0.2) is 0 Å². The topological polar surface area (TPSA) is 0 Å². The van der Waals surface area contributed by atoms with Crippen LogP contribution in [0.25, 0.3) is 0 Å². The minimum Gasteiger partial charge on any atom is -0.0617 e. The van der Waals surface area contributed by atoms with Crippen molar-refractivity contribution in [1.29, 1.82) is 0 Å². The Kier molecular flexibility index (Phi) is 2.28. The van der Waals surface area contributed by atoms with Gasteiger partial charge in [0.05, 0.1) is 0 Å². The molecule has 74 valence electrons. The highest BCUT2D eigenvalue weighted by Crippen LogP contribution is 2.13. The van der Waals surface area contributed by atoms with E-state index in [4.69, 9.17) is 0 Å². The van der Waals surface area contributed by atoms with Crippen LogP contribution in [0.1, 0.15) is 16.7 Å². The highest BCUT2D eigenvalue weighted by atomic mass is 127. The molecule has 0 bridgehead atoms. The van der Waals surface area contributed by atoms with Gasteiger partial charge in [0.2, 0.25) is 0 Å². The number of aryl methyl sites for hydroxylation is 1. The molecule has 0 N–H and O–H groups in total. The van der Waals surface area contributed by atoms with Crippen LogP contribution in [0.15, 0.2) is 42.5 Å². The molecule has 0 atom stereocenters. The second-order valence-corrected chi connectivity index (χ2v) is 6.82.